The van der Waals surface area contributed by atoms with Crippen LogP contribution in [0.25, 0.3) is 0 Å². The van der Waals surface area contributed by atoms with Gasteiger partial charge in [0.15, 0.2) is 10.7 Å². The monoisotopic (exact) mass is 273 g/mol. The molecule has 2 fully saturated rings. The highest BCUT2D eigenvalue weighted by atomic mass is 32.2. The van der Waals surface area contributed by atoms with E-state index in [2.05, 4.69) is 16.6 Å². The van der Waals surface area contributed by atoms with E-state index in [9.17, 15) is 8.42 Å². The summed E-state index contributed by atoms with van der Waals surface area (Å²) in [6, 6.07) is 0.630. The van der Waals surface area contributed by atoms with Crippen molar-refractivity contribution < 1.29 is 8.42 Å². The molecular weight excluding hydrogens is 248 g/mol. The van der Waals surface area contributed by atoms with E-state index in [0.29, 0.717) is 6.04 Å². The quantitative estimate of drug-likeness (QED) is 0.713. The number of nitrogens with one attached hydrogen (secondary N) is 1. The van der Waals surface area contributed by atoms with Gasteiger partial charge >= 0.3 is 0 Å². The molecule has 0 amide bonds. The first-order chi connectivity index (χ1) is 8.77. The van der Waals surface area contributed by atoms with Gasteiger partial charge in [-0.3, -0.25) is 4.90 Å². The van der Waals surface area contributed by atoms with Gasteiger partial charge in [-0.25, -0.2) is 8.42 Å². The molecule has 2 aliphatic rings. The lowest BCUT2D eigenvalue weighted by atomic mass is 10.1. The summed E-state index contributed by atoms with van der Waals surface area (Å²) in [5, 5.41) is 3.24. The zero-order chi connectivity index (χ0) is 12.8. The lowest BCUT2D eigenvalue weighted by Gasteiger charge is -2.31. The van der Waals surface area contributed by atoms with E-state index in [1.165, 1.54) is 25.7 Å². The molecule has 4 nitrogen and oxygen atoms in total. The maximum absolute atomic E-state index is 11.4. The molecule has 1 saturated carbocycles. The number of thiol groups is 1. The van der Waals surface area contributed by atoms with Crippen LogP contribution in [0.15, 0.2) is 0 Å². The van der Waals surface area contributed by atoms with Crippen LogP contribution >= 0.6 is 0 Å². The Morgan fingerprint density at radius 1 is 1.22 bits per heavy atom. The second-order valence-electron chi connectivity index (χ2n) is 5.39. The second kappa shape index (κ2) is 7.46. The van der Waals surface area contributed by atoms with Crippen LogP contribution < -0.4 is 5.32 Å². The number of rotatable bonds is 6. The third kappa shape index (κ3) is 4.21. The van der Waals surface area contributed by atoms with Crippen LogP contribution in [0.2, 0.25) is 0 Å². The van der Waals surface area contributed by atoms with E-state index >= 15 is 0 Å². The first-order valence-corrected chi connectivity index (χ1v) is 8.44. The largest absolute Gasteiger partial charge is 0.314 e. The van der Waals surface area contributed by atoms with Crippen molar-refractivity contribution in [2.45, 2.75) is 56.4 Å². The predicted octanol–water partition coefficient (Wildman–Crippen LogP) is 1.15. The molecule has 1 heterocycles. The summed E-state index contributed by atoms with van der Waals surface area (Å²) in [5.41, 5.74) is 0. The van der Waals surface area contributed by atoms with E-state index in [1.807, 2.05) is 0 Å². The fourth-order valence-electron chi connectivity index (χ4n) is 3.04. The number of hydrogen-bond acceptors (Lipinski definition) is 4. The van der Waals surface area contributed by atoms with Gasteiger partial charge in [0, 0.05) is 6.04 Å². The highest BCUT2D eigenvalue weighted by Crippen LogP contribution is 2.18. The highest BCUT2D eigenvalue weighted by Gasteiger charge is 2.23. The second-order valence-corrected chi connectivity index (χ2v) is 6.56. The Balaban J connectivity index is 1.74. The Labute approximate surface area is 112 Å². The summed E-state index contributed by atoms with van der Waals surface area (Å²) < 4.78 is 22.8. The van der Waals surface area contributed by atoms with Gasteiger partial charge < -0.3 is 5.32 Å². The molecule has 1 unspecified atom stereocenters. The maximum atomic E-state index is 11.4. The molecule has 18 heavy (non-hydrogen) atoms. The van der Waals surface area contributed by atoms with Crippen LogP contribution in [0, 0.1) is 6.42 Å². The minimum absolute atomic E-state index is 0.261. The summed E-state index contributed by atoms with van der Waals surface area (Å²) in [6.45, 7) is 2.63. The molecule has 1 aliphatic carbocycles. The molecule has 1 atom stereocenters. The minimum atomic E-state index is -2.34. The lowest BCUT2D eigenvalue weighted by molar-refractivity contribution is 0.221. The molecule has 5 heteroatoms. The average molecular weight is 273 g/mol. The van der Waals surface area contributed by atoms with Crippen molar-refractivity contribution in [2.24, 2.45) is 0 Å². The Hall–Kier alpha value is -0.130. The molecule has 2 rings (SSSR count). The Morgan fingerprint density at radius 3 is 2.50 bits per heavy atom. The molecular formula is C13H25N2O2S. The Morgan fingerprint density at radius 2 is 1.89 bits per heavy atom. The van der Waals surface area contributed by atoms with E-state index in [0.717, 1.165) is 38.9 Å². The van der Waals surface area contributed by atoms with Gasteiger partial charge in [-0.2, -0.15) is 0 Å². The zero-order valence-electron chi connectivity index (χ0n) is 11.0. The average Bonchev–Trinajstić information content (AvgIpc) is 2.88. The van der Waals surface area contributed by atoms with Crippen molar-refractivity contribution >= 4 is 10.7 Å². The Bertz CT molecular complexity index is 300. The molecule has 0 aromatic carbocycles. The molecule has 0 bridgehead atoms. The van der Waals surface area contributed by atoms with Gasteiger partial charge in [0.2, 0.25) is 0 Å². The third-order valence-corrected chi connectivity index (χ3v) is 5.17. The van der Waals surface area contributed by atoms with Crippen molar-refractivity contribution in [2.75, 3.05) is 19.6 Å². The maximum Gasteiger partial charge on any atom is 0.156 e. The molecule has 1 N–H and O–H groups in total. The van der Waals surface area contributed by atoms with E-state index in [1.54, 1.807) is 0 Å². The minimum Gasteiger partial charge on any atom is -0.314 e. The molecule has 105 valence electrons. The molecule has 1 radical (unpaired) electrons. The van der Waals surface area contributed by atoms with Crippen LogP contribution in [0.5, 0.6) is 0 Å². The number of nitrogens with zero attached hydrogens (tertiary/aromatic N) is 1. The molecule has 0 aromatic heterocycles. The summed E-state index contributed by atoms with van der Waals surface area (Å²) in [4.78, 5) is 2.13. The van der Waals surface area contributed by atoms with Crippen LogP contribution in [0.3, 0.4) is 0 Å². The van der Waals surface area contributed by atoms with Crippen molar-refractivity contribution in [3.63, 3.8) is 0 Å². The van der Waals surface area contributed by atoms with Gasteiger partial charge in [0.1, 0.15) is 5.37 Å². The molecule has 0 spiro atoms. The van der Waals surface area contributed by atoms with Gasteiger partial charge in [-0.15, -0.1) is 0 Å². The van der Waals surface area contributed by atoms with Gasteiger partial charge in [-0.05, 0) is 58.2 Å². The number of hydrogen-bond donors (Lipinski definition) is 2. The number of piperidine rings is 1. The van der Waals surface area contributed by atoms with Crippen molar-refractivity contribution in [1.82, 2.24) is 10.2 Å². The lowest BCUT2D eigenvalue weighted by Crippen LogP contribution is -2.42. The predicted molar refractivity (Wildman–Crippen MR) is 74.1 cm³/mol. The zero-order valence-corrected chi connectivity index (χ0v) is 11.9. The summed E-state index contributed by atoms with van der Waals surface area (Å²) >= 11 is 0. The fourth-order valence-corrected chi connectivity index (χ4v) is 3.87. The molecule has 1 saturated heterocycles. The standard InChI is InChI=1S/C13H25N2O2S/c16-18(17)13(15-10-4-1-5-11-15)8-9-14-12-6-2-3-7-12/h1,12-14,18H,2-11H2. The van der Waals surface area contributed by atoms with Crippen molar-refractivity contribution in [3.8, 4) is 0 Å². The van der Waals surface area contributed by atoms with Crippen molar-refractivity contribution in [3.05, 3.63) is 6.42 Å². The van der Waals surface area contributed by atoms with Crippen LogP contribution in [0.4, 0.5) is 0 Å². The molecule has 0 aromatic rings. The first kappa shape index (κ1) is 14.3. The fraction of sp³-hybridized carbons (Fsp3) is 0.923. The number of likely N-dealkylation sites (tertiary alicyclic amines) is 1. The smallest absolute Gasteiger partial charge is 0.156 e. The normalized spacial score (nSPS) is 24.7. The highest BCUT2D eigenvalue weighted by molar-refractivity contribution is 7.73. The Kier molecular flexibility index (Phi) is 5.92. The van der Waals surface area contributed by atoms with Crippen molar-refractivity contribution in [1.29, 1.82) is 0 Å². The van der Waals surface area contributed by atoms with Crippen LogP contribution in [-0.2, 0) is 10.7 Å². The SMILES string of the molecule is O=[SH](=O)C(CCNC1CCCC1)N1CC[CH]CC1. The van der Waals surface area contributed by atoms with E-state index in [4.69, 9.17) is 0 Å². The summed E-state index contributed by atoms with van der Waals surface area (Å²) in [5.74, 6) is 0. The van der Waals surface area contributed by atoms with Crippen LogP contribution in [0.1, 0.15) is 44.9 Å². The molecule has 1 aliphatic heterocycles. The van der Waals surface area contributed by atoms with Gasteiger partial charge in [0.25, 0.3) is 0 Å². The van der Waals surface area contributed by atoms with E-state index < -0.39 is 10.7 Å². The van der Waals surface area contributed by atoms with Crippen LogP contribution in [-0.4, -0.2) is 44.4 Å². The summed E-state index contributed by atoms with van der Waals surface area (Å²) in [7, 11) is -2.34. The topological polar surface area (TPSA) is 49.4 Å². The third-order valence-electron chi connectivity index (χ3n) is 4.10. The van der Waals surface area contributed by atoms with E-state index in [-0.39, 0.29) is 5.37 Å². The van der Waals surface area contributed by atoms with Gasteiger partial charge in [0.05, 0.1) is 0 Å². The summed E-state index contributed by atoms with van der Waals surface area (Å²) in [6.07, 6.45) is 10.2. The first-order valence-electron chi connectivity index (χ1n) is 7.20. The van der Waals surface area contributed by atoms with Gasteiger partial charge in [-0.1, -0.05) is 12.8 Å².